The summed E-state index contributed by atoms with van der Waals surface area (Å²) in [4.78, 5) is 4.22. The van der Waals surface area contributed by atoms with Gasteiger partial charge in [-0.1, -0.05) is 23.8 Å². The van der Waals surface area contributed by atoms with Crippen LogP contribution in [-0.2, 0) is 0 Å². The molecule has 1 aromatic carbocycles. The molecule has 1 aromatic heterocycles. The summed E-state index contributed by atoms with van der Waals surface area (Å²) in [6.07, 6.45) is 1.82. The fourth-order valence-electron chi connectivity index (χ4n) is 2.26. The third kappa shape index (κ3) is 2.58. The number of rotatable bonds is 3. The molecule has 0 radical (unpaired) electrons. The van der Waals surface area contributed by atoms with Gasteiger partial charge < -0.3 is 0 Å². The number of pyridine rings is 1. The van der Waals surface area contributed by atoms with Crippen molar-refractivity contribution in [2.75, 3.05) is 0 Å². The van der Waals surface area contributed by atoms with Crippen LogP contribution >= 0.6 is 0 Å². The van der Waals surface area contributed by atoms with Crippen molar-refractivity contribution in [3.8, 4) is 0 Å². The summed E-state index contributed by atoms with van der Waals surface area (Å²) >= 11 is 0. The number of nitrogens with zero attached hydrogens (tertiary/aromatic N) is 1. The van der Waals surface area contributed by atoms with Crippen LogP contribution in [0.25, 0.3) is 0 Å². The van der Waals surface area contributed by atoms with E-state index in [9.17, 15) is 0 Å². The molecule has 3 nitrogen and oxygen atoms in total. The molecule has 0 bridgehead atoms. The summed E-state index contributed by atoms with van der Waals surface area (Å²) < 4.78 is 0. The van der Waals surface area contributed by atoms with E-state index in [1.165, 1.54) is 16.7 Å². The van der Waals surface area contributed by atoms with E-state index in [1.54, 1.807) is 0 Å². The van der Waals surface area contributed by atoms with Gasteiger partial charge in [-0.3, -0.25) is 10.8 Å². The molecule has 0 aliphatic rings. The molecule has 1 atom stereocenters. The van der Waals surface area contributed by atoms with Crippen molar-refractivity contribution in [3.63, 3.8) is 0 Å². The number of hydrogen-bond donors (Lipinski definition) is 2. The van der Waals surface area contributed by atoms with Crippen LogP contribution < -0.4 is 11.3 Å². The maximum Gasteiger partial charge on any atom is 0.0713 e. The highest BCUT2D eigenvalue weighted by Crippen LogP contribution is 2.25. The summed E-state index contributed by atoms with van der Waals surface area (Å²) in [6.45, 7) is 6.19. The Hall–Kier alpha value is -1.71. The molecule has 0 spiro atoms. The first-order valence-electron chi connectivity index (χ1n) is 6.07. The van der Waals surface area contributed by atoms with Crippen LogP contribution in [0.1, 0.15) is 34.0 Å². The summed E-state index contributed by atoms with van der Waals surface area (Å²) in [6, 6.07) is 10.5. The third-order valence-corrected chi connectivity index (χ3v) is 3.16. The average Bonchev–Trinajstić information content (AvgIpc) is 2.33. The molecule has 1 unspecified atom stereocenters. The van der Waals surface area contributed by atoms with Gasteiger partial charge in [0.25, 0.3) is 0 Å². The summed E-state index contributed by atoms with van der Waals surface area (Å²) in [5, 5.41) is 0. The van der Waals surface area contributed by atoms with Crippen LogP contribution in [0.4, 0.5) is 0 Å². The second-order valence-corrected chi connectivity index (χ2v) is 4.69. The molecular formula is C15H19N3. The Labute approximate surface area is 108 Å². The Kier molecular flexibility index (Phi) is 3.75. The molecule has 3 heteroatoms. The normalized spacial score (nSPS) is 12.4. The van der Waals surface area contributed by atoms with Crippen LogP contribution in [0.3, 0.4) is 0 Å². The third-order valence-electron chi connectivity index (χ3n) is 3.16. The number of aryl methyl sites for hydroxylation is 3. The SMILES string of the molecule is Cc1ccc(C(NN)c2ccnc(C)c2)c(C)c1. The van der Waals surface area contributed by atoms with Crippen molar-refractivity contribution in [3.05, 3.63) is 64.5 Å². The maximum atomic E-state index is 5.72. The van der Waals surface area contributed by atoms with E-state index in [-0.39, 0.29) is 6.04 Å². The van der Waals surface area contributed by atoms with Gasteiger partial charge in [-0.05, 0) is 49.6 Å². The van der Waals surface area contributed by atoms with E-state index in [0.29, 0.717) is 0 Å². The van der Waals surface area contributed by atoms with Crippen LogP contribution in [0.15, 0.2) is 36.5 Å². The molecule has 0 saturated heterocycles. The maximum absolute atomic E-state index is 5.72. The highest BCUT2D eigenvalue weighted by atomic mass is 15.2. The zero-order valence-electron chi connectivity index (χ0n) is 11.1. The minimum atomic E-state index is 0.00676. The first-order chi connectivity index (χ1) is 8.61. The lowest BCUT2D eigenvalue weighted by Crippen LogP contribution is -2.29. The summed E-state index contributed by atoms with van der Waals surface area (Å²) in [5.74, 6) is 5.72. The lowest BCUT2D eigenvalue weighted by atomic mass is 9.94. The van der Waals surface area contributed by atoms with Crippen LogP contribution in [0, 0.1) is 20.8 Å². The Morgan fingerprint density at radius 3 is 2.50 bits per heavy atom. The molecule has 1 heterocycles. The number of aromatic nitrogens is 1. The lowest BCUT2D eigenvalue weighted by Gasteiger charge is -2.19. The van der Waals surface area contributed by atoms with E-state index in [0.717, 1.165) is 11.3 Å². The van der Waals surface area contributed by atoms with Gasteiger partial charge >= 0.3 is 0 Å². The second-order valence-electron chi connectivity index (χ2n) is 4.69. The van der Waals surface area contributed by atoms with E-state index in [4.69, 9.17) is 5.84 Å². The first-order valence-corrected chi connectivity index (χ1v) is 6.07. The van der Waals surface area contributed by atoms with Gasteiger partial charge in [-0.2, -0.15) is 0 Å². The van der Waals surface area contributed by atoms with E-state index < -0.39 is 0 Å². The van der Waals surface area contributed by atoms with Crippen molar-refractivity contribution < 1.29 is 0 Å². The highest BCUT2D eigenvalue weighted by Gasteiger charge is 2.14. The van der Waals surface area contributed by atoms with Crippen LogP contribution in [0.2, 0.25) is 0 Å². The van der Waals surface area contributed by atoms with Gasteiger partial charge in [0.15, 0.2) is 0 Å². The summed E-state index contributed by atoms with van der Waals surface area (Å²) in [7, 11) is 0. The highest BCUT2D eigenvalue weighted by molar-refractivity contribution is 5.38. The number of benzene rings is 1. The van der Waals surface area contributed by atoms with Crippen LogP contribution in [0.5, 0.6) is 0 Å². The van der Waals surface area contributed by atoms with Gasteiger partial charge in [-0.15, -0.1) is 0 Å². The van der Waals surface area contributed by atoms with E-state index >= 15 is 0 Å². The molecule has 18 heavy (non-hydrogen) atoms. The minimum Gasteiger partial charge on any atom is -0.271 e. The van der Waals surface area contributed by atoms with Crippen molar-refractivity contribution in [2.45, 2.75) is 26.8 Å². The fraction of sp³-hybridized carbons (Fsp3) is 0.267. The monoisotopic (exact) mass is 241 g/mol. The quantitative estimate of drug-likeness (QED) is 0.641. The number of nitrogens with one attached hydrogen (secondary N) is 1. The largest absolute Gasteiger partial charge is 0.271 e. The van der Waals surface area contributed by atoms with Gasteiger partial charge in [0.2, 0.25) is 0 Å². The van der Waals surface area contributed by atoms with Gasteiger partial charge in [0.1, 0.15) is 0 Å². The number of nitrogens with two attached hydrogens (primary N) is 1. The Balaban J connectivity index is 2.45. The Morgan fingerprint density at radius 2 is 1.89 bits per heavy atom. The van der Waals surface area contributed by atoms with Gasteiger partial charge in [-0.25, -0.2) is 5.43 Å². The molecule has 0 saturated carbocycles. The molecule has 0 aliphatic heterocycles. The number of hydrazine groups is 1. The smallest absolute Gasteiger partial charge is 0.0713 e. The zero-order chi connectivity index (χ0) is 13.1. The van der Waals surface area contributed by atoms with Gasteiger partial charge in [0, 0.05) is 11.9 Å². The summed E-state index contributed by atoms with van der Waals surface area (Å²) in [5.41, 5.74) is 8.74. The Bertz CT molecular complexity index is 549. The van der Waals surface area contributed by atoms with E-state index in [1.807, 2.05) is 19.2 Å². The Morgan fingerprint density at radius 1 is 1.11 bits per heavy atom. The molecule has 2 aromatic rings. The second kappa shape index (κ2) is 5.29. The number of hydrogen-bond acceptors (Lipinski definition) is 3. The molecule has 0 fully saturated rings. The van der Waals surface area contributed by atoms with Crippen molar-refractivity contribution in [1.29, 1.82) is 0 Å². The van der Waals surface area contributed by atoms with Gasteiger partial charge in [0.05, 0.1) is 6.04 Å². The predicted octanol–water partition coefficient (Wildman–Crippen LogP) is 2.56. The van der Waals surface area contributed by atoms with Crippen molar-refractivity contribution >= 4 is 0 Å². The molecule has 0 amide bonds. The van der Waals surface area contributed by atoms with Crippen molar-refractivity contribution in [2.24, 2.45) is 5.84 Å². The molecule has 2 rings (SSSR count). The molecule has 0 aliphatic carbocycles. The fourth-order valence-corrected chi connectivity index (χ4v) is 2.26. The lowest BCUT2D eigenvalue weighted by molar-refractivity contribution is 0.632. The van der Waals surface area contributed by atoms with Crippen molar-refractivity contribution in [1.82, 2.24) is 10.4 Å². The molecule has 3 N–H and O–H groups in total. The van der Waals surface area contributed by atoms with E-state index in [2.05, 4.69) is 48.5 Å². The minimum absolute atomic E-state index is 0.00676. The standard InChI is InChI=1S/C15H19N3/c1-10-4-5-14(11(2)8-10)15(18-16)13-6-7-17-12(3)9-13/h4-9,15,18H,16H2,1-3H3. The average molecular weight is 241 g/mol. The molecule has 94 valence electrons. The van der Waals surface area contributed by atoms with Crippen LogP contribution in [-0.4, -0.2) is 4.98 Å². The topological polar surface area (TPSA) is 50.9 Å². The molecular weight excluding hydrogens is 222 g/mol. The predicted molar refractivity (Wildman–Crippen MR) is 74.1 cm³/mol. The first kappa shape index (κ1) is 12.7. The zero-order valence-corrected chi connectivity index (χ0v) is 11.1.